The highest BCUT2D eigenvalue weighted by Gasteiger charge is 2.28. The molecule has 1 unspecified atom stereocenters. The Bertz CT molecular complexity index is 548. The summed E-state index contributed by atoms with van der Waals surface area (Å²) in [5, 5.41) is 3.49. The predicted octanol–water partition coefficient (Wildman–Crippen LogP) is 1.93. The van der Waals surface area contributed by atoms with Gasteiger partial charge in [0, 0.05) is 10.7 Å². The largest absolute Gasteiger partial charge is 0.368 e. The molecule has 5 nitrogen and oxygen atoms in total. The van der Waals surface area contributed by atoms with E-state index in [0.29, 0.717) is 5.02 Å². The maximum absolute atomic E-state index is 12.1. The van der Waals surface area contributed by atoms with Crippen molar-refractivity contribution in [3.8, 4) is 0 Å². The molecule has 0 radical (unpaired) electrons. The third kappa shape index (κ3) is 4.19. The zero-order valence-electron chi connectivity index (χ0n) is 12.1. The molecule has 1 heterocycles. The van der Waals surface area contributed by atoms with Crippen LogP contribution in [0.15, 0.2) is 18.2 Å². The van der Waals surface area contributed by atoms with Gasteiger partial charge in [0.05, 0.1) is 12.6 Å². The number of piperidine rings is 1. The summed E-state index contributed by atoms with van der Waals surface area (Å²) in [5.74, 6) is -0.501. The van der Waals surface area contributed by atoms with Crippen LogP contribution in [0.5, 0.6) is 0 Å². The standard InChI is InChI=1S/C15H20ClN3O2/c1-10-8-11(16)5-6-12(10)18-14(20)9-19-7-3-2-4-13(19)15(17)21/h5-6,8,13H,2-4,7,9H2,1H3,(H2,17,21)(H,18,20). The molecule has 1 atom stereocenters. The van der Waals surface area contributed by atoms with Crippen LogP contribution in [0.2, 0.25) is 5.02 Å². The molecule has 6 heteroatoms. The number of rotatable bonds is 4. The quantitative estimate of drug-likeness (QED) is 0.892. The smallest absolute Gasteiger partial charge is 0.238 e. The summed E-state index contributed by atoms with van der Waals surface area (Å²) < 4.78 is 0. The Morgan fingerprint density at radius 1 is 1.43 bits per heavy atom. The van der Waals surface area contributed by atoms with Crippen LogP contribution < -0.4 is 11.1 Å². The van der Waals surface area contributed by atoms with Gasteiger partial charge >= 0.3 is 0 Å². The minimum atomic E-state index is -0.356. The van der Waals surface area contributed by atoms with Crippen LogP contribution in [0.3, 0.4) is 0 Å². The van der Waals surface area contributed by atoms with Crippen molar-refractivity contribution in [3.63, 3.8) is 0 Å². The fraction of sp³-hybridized carbons (Fsp3) is 0.467. The van der Waals surface area contributed by atoms with Crippen molar-refractivity contribution in [3.05, 3.63) is 28.8 Å². The van der Waals surface area contributed by atoms with Crippen molar-refractivity contribution in [1.29, 1.82) is 0 Å². The molecular weight excluding hydrogens is 290 g/mol. The van der Waals surface area contributed by atoms with Gasteiger partial charge < -0.3 is 11.1 Å². The zero-order valence-corrected chi connectivity index (χ0v) is 12.8. The first-order chi connectivity index (χ1) is 9.97. The maximum atomic E-state index is 12.1. The number of anilines is 1. The van der Waals surface area contributed by atoms with E-state index in [2.05, 4.69) is 5.32 Å². The Hall–Kier alpha value is -1.59. The molecule has 0 aromatic heterocycles. The molecule has 0 bridgehead atoms. The summed E-state index contributed by atoms with van der Waals surface area (Å²) in [4.78, 5) is 25.4. The average Bonchev–Trinajstić information content (AvgIpc) is 2.42. The zero-order chi connectivity index (χ0) is 15.4. The molecule has 1 aliphatic heterocycles. The summed E-state index contributed by atoms with van der Waals surface area (Å²) in [6, 6.07) is 4.97. The van der Waals surface area contributed by atoms with Gasteiger partial charge in [0.25, 0.3) is 0 Å². The topological polar surface area (TPSA) is 75.4 Å². The lowest BCUT2D eigenvalue weighted by molar-refractivity contribution is -0.126. The molecule has 1 aromatic carbocycles. The number of aryl methyl sites for hydroxylation is 1. The van der Waals surface area contributed by atoms with E-state index >= 15 is 0 Å². The highest BCUT2D eigenvalue weighted by molar-refractivity contribution is 6.30. The molecule has 21 heavy (non-hydrogen) atoms. The van der Waals surface area contributed by atoms with Gasteiger partial charge in [-0.05, 0) is 50.1 Å². The van der Waals surface area contributed by atoms with Gasteiger partial charge in [-0.25, -0.2) is 0 Å². The van der Waals surface area contributed by atoms with E-state index in [0.717, 1.165) is 37.1 Å². The van der Waals surface area contributed by atoms with Gasteiger partial charge in [0.2, 0.25) is 11.8 Å². The van der Waals surface area contributed by atoms with Crippen molar-refractivity contribution in [1.82, 2.24) is 4.90 Å². The molecule has 2 amide bonds. The number of carbonyl (C=O) groups is 2. The fourth-order valence-electron chi connectivity index (χ4n) is 2.64. The molecule has 1 saturated heterocycles. The van der Waals surface area contributed by atoms with Crippen molar-refractivity contribution in [2.24, 2.45) is 5.73 Å². The van der Waals surface area contributed by atoms with E-state index < -0.39 is 0 Å². The molecule has 0 aliphatic carbocycles. The number of likely N-dealkylation sites (tertiary alicyclic amines) is 1. The number of hydrogen-bond acceptors (Lipinski definition) is 3. The van der Waals surface area contributed by atoms with E-state index in [1.807, 2.05) is 11.8 Å². The summed E-state index contributed by atoms with van der Waals surface area (Å²) >= 11 is 5.89. The maximum Gasteiger partial charge on any atom is 0.238 e. The number of hydrogen-bond donors (Lipinski definition) is 2. The van der Waals surface area contributed by atoms with Gasteiger partial charge in [-0.1, -0.05) is 18.0 Å². The number of benzene rings is 1. The Labute approximate surface area is 129 Å². The van der Waals surface area contributed by atoms with Gasteiger partial charge in [0.15, 0.2) is 0 Å². The molecule has 114 valence electrons. The number of primary amides is 1. The van der Waals surface area contributed by atoms with E-state index in [1.165, 1.54) is 0 Å². The highest BCUT2D eigenvalue weighted by atomic mass is 35.5. The number of nitrogens with zero attached hydrogens (tertiary/aromatic N) is 1. The van der Waals surface area contributed by atoms with Crippen LogP contribution in [-0.2, 0) is 9.59 Å². The van der Waals surface area contributed by atoms with Crippen LogP contribution in [0.1, 0.15) is 24.8 Å². The van der Waals surface area contributed by atoms with Gasteiger partial charge in [0.1, 0.15) is 0 Å². The Kier molecular flexibility index (Phi) is 5.20. The van der Waals surface area contributed by atoms with Crippen LogP contribution in [0.4, 0.5) is 5.69 Å². The summed E-state index contributed by atoms with van der Waals surface area (Å²) in [6.07, 6.45) is 2.68. The van der Waals surface area contributed by atoms with E-state index in [1.54, 1.807) is 18.2 Å². The molecular formula is C15H20ClN3O2. The Morgan fingerprint density at radius 2 is 2.19 bits per heavy atom. The van der Waals surface area contributed by atoms with E-state index in [4.69, 9.17) is 17.3 Å². The van der Waals surface area contributed by atoms with Crippen molar-refractivity contribution < 1.29 is 9.59 Å². The molecule has 2 rings (SSSR count). The summed E-state index contributed by atoms with van der Waals surface area (Å²) in [6.45, 7) is 2.78. The second kappa shape index (κ2) is 6.91. The van der Waals surface area contributed by atoms with Crippen molar-refractivity contribution >= 4 is 29.1 Å². The van der Waals surface area contributed by atoms with E-state index in [-0.39, 0.29) is 24.4 Å². The summed E-state index contributed by atoms with van der Waals surface area (Å²) in [7, 11) is 0. The number of nitrogens with two attached hydrogens (primary N) is 1. The first kappa shape index (κ1) is 15.8. The Balaban J connectivity index is 1.98. The van der Waals surface area contributed by atoms with E-state index in [9.17, 15) is 9.59 Å². The monoisotopic (exact) mass is 309 g/mol. The molecule has 0 saturated carbocycles. The summed E-state index contributed by atoms with van der Waals surface area (Å²) in [5.41, 5.74) is 7.04. The number of halogens is 1. The van der Waals surface area contributed by atoms with Crippen LogP contribution >= 0.6 is 11.6 Å². The van der Waals surface area contributed by atoms with Gasteiger partial charge in [-0.15, -0.1) is 0 Å². The third-order valence-electron chi connectivity index (χ3n) is 3.75. The fourth-order valence-corrected chi connectivity index (χ4v) is 2.87. The normalized spacial score (nSPS) is 19.2. The lowest BCUT2D eigenvalue weighted by atomic mass is 10.0. The average molecular weight is 310 g/mol. The second-order valence-electron chi connectivity index (χ2n) is 5.39. The molecule has 1 aliphatic rings. The van der Waals surface area contributed by atoms with Crippen LogP contribution in [0, 0.1) is 6.92 Å². The van der Waals surface area contributed by atoms with Gasteiger partial charge in [-0.2, -0.15) is 0 Å². The van der Waals surface area contributed by atoms with Crippen molar-refractivity contribution in [2.45, 2.75) is 32.2 Å². The minimum Gasteiger partial charge on any atom is -0.368 e. The SMILES string of the molecule is Cc1cc(Cl)ccc1NC(=O)CN1CCCCC1C(N)=O. The van der Waals surface area contributed by atoms with Gasteiger partial charge in [-0.3, -0.25) is 14.5 Å². The Morgan fingerprint density at radius 3 is 2.86 bits per heavy atom. The first-order valence-corrected chi connectivity index (χ1v) is 7.44. The third-order valence-corrected chi connectivity index (χ3v) is 3.99. The number of carbonyl (C=O) groups excluding carboxylic acids is 2. The molecule has 3 N–H and O–H groups in total. The number of nitrogens with one attached hydrogen (secondary N) is 1. The first-order valence-electron chi connectivity index (χ1n) is 7.07. The number of amides is 2. The van der Waals surface area contributed by atoms with Crippen LogP contribution in [0.25, 0.3) is 0 Å². The molecule has 0 spiro atoms. The lowest BCUT2D eigenvalue weighted by Gasteiger charge is -2.32. The minimum absolute atomic E-state index is 0.145. The van der Waals surface area contributed by atoms with Crippen LogP contribution in [-0.4, -0.2) is 35.8 Å². The predicted molar refractivity (Wildman–Crippen MR) is 83.2 cm³/mol. The molecule has 1 aromatic rings. The highest BCUT2D eigenvalue weighted by Crippen LogP contribution is 2.20. The van der Waals surface area contributed by atoms with Crippen molar-refractivity contribution in [2.75, 3.05) is 18.4 Å². The molecule has 1 fully saturated rings. The second-order valence-corrected chi connectivity index (χ2v) is 5.83. The lowest BCUT2D eigenvalue weighted by Crippen LogP contribution is -2.50.